The molecule has 0 spiro atoms. The molecule has 0 aromatic carbocycles. The second-order valence-electron chi connectivity index (χ2n) is 4.17. The molecule has 0 aromatic heterocycles. The molecule has 2 unspecified atom stereocenters. The van der Waals surface area contributed by atoms with Crippen LogP contribution < -0.4 is 5.32 Å². The third-order valence-corrected chi connectivity index (χ3v) is 3.10. The summed E-state index contributed by atoms with van der Waals surface area (Å²) in [5.74, 6) is -0.0835. The van der Waals surface area contributed by atoms with Gasteiger partial charge in [-0.05, 0) is 31.2 Å². The highest BCUT2D eigenvalue weighted by Gasteiger charge is 2.25. The molecule has 0 saturated heterocycles. The minimum atomic E-state index is -0.951. The van der Waals surface area contributed by atoms with Gasteiger partial charge in [-0.2, -0.15) is 0 Å². The monoisotopic (exact) mass is 213 g/mol. The number of hydrogen-bond donors (Lipinski definition) is 3. The van der Waals surface area contributed by atoms with Crippen LogP contribution in [-0.2, 0) is 4.79 Å². The lowest BCUT2D eigenvalue weighted by Gasteiger charge is -2.17. The molecule has 15 heavy (non-hydrogen) atoms. The van der Waals surface area contributed by atoms with Crippen molar-refractivity contribution in [3.8, 4) is 0 Å². The Balaban J connectivity index is 2.19. The Kier molecular flexibility index (Phi) is 4.78. The SMILES string of the molecule is C=C(CNCC1CCCC1CO)C(=O)O. The Morgan fingerprint density at radius 3 is 2.67 bits per heavy atom. The zero-order valence-electron chi connectivity index (χ0n) is 8.91. The predicted molar refractivity (Wildman–Crippen MR) is 57.6 cm³/mol. The molecule has 1 rings (SSSR count). The highest BCUT2D eigenvalue weighted by Crippen LogP contribution is 2.30. The number of aliphatic hydroxyl groups is 1. The van der Waals surface area contributed by atoms with E-state index in [4.69, 9.17) is 10.2 Å². The quantitative estimate of drug-likeness (QED) is 0.566. The van der Waals surface area contributed by atoms with E-state index < -0.39 is 5.97 Å². The van der Waals surface area contributed by atoms with E-state index in [1.54, 1.807) is 0 Å². The topological polar surface area (TPSA) is 69.6 Å². The maximum atomic E-state index is 10.5. The van der Waals surface area contributed by atoms with Crippen LogP contribution in [0, 0.1) is 11.8 Å². The van der Waals surface area contributed by atoms with Gasteiger partial charge in [-0.15, -0.1) is 0 Å². The summed E-state index contributed by atoms with van der Waals surface area (Å²) in [6.07, 6.45) is 3.37. The molecule has 0 radical (unpaired) electrons. The van der Waals surface area contributed by atoms with E-state index in [0.717, 1.165) is 25.8 Å². The van der Waals surface area contributed by atoms with Gasteiger partial charge in [0, 0.05) is 18.7 Å². The molecule has 0 aromatic rings. The molecule has 1 fully saturated rings. The van der Waals surface area contributed by atoms with Gasteiger partial charge in [-0.1, -0.05) is 13.0 Å². The molecule has 3 N–H and O–H groups in total. The summed E-state index contributed by atoms with van der Waals surface area (Å²) in [6, 6.07) is 0. The molecule has 1 saturated carbocycles. The Morgan fingerprint density at radius 2 is 2.07 bits per heavy atom. The van der Waals surface area contributed by atoms with E-state index in [1.165, 1.54) is 0 Å². The lowest BCUT2D eigenvalue weighted by Crippen LogP contribution is -2.29. The number of carbonyl (C=O) groups is 1. The number of rotatable bonds is 6. The largest absolute Gasteiger partial charge is 0.478 e. The maximum absolute atomic E-state index is 10.5. The molecule has 4 nitrogen and oxygen atoms in total. The van der Waals surface area contributed by atoms with Crippen LogP contribution in [0.3, 0.4) is 0 Å². The second-order valence-corrected chi connectivity index (χ2v) is 4.17. The smallest absolute Gasteiger partial charge is 0.332 e. The van der Waals surface area contributed by atoms with Crippen molar-refractivity contribution in [2.24, 2.45) is 11.8 Å². The highest BCUT2D eigenvalue weighted by atomic mass is 16.4. The molecular weight excluding hydrogens is 194 g/mol. The first-order valence-corrected chi connectivity index (χ1v) is 5.37. The number of carboxylic acids is 1. The molecule has 1 aliphatic carbocycles. The molecule has 0 amide bonds. The maximum Gasteiger partial charge on any atom is 0.332 e. The molecule has 4 heteroatoms. The Hall–Kier alpha value is -0.870. The summed E-state index contributed by atoms with van der Waals surface area (Å²) >= 11 is 0. The van der Waals surface area contributed by atoms with Gasteiger partial charge >= 0.3 is 5.97 Å². The van der Waals surface area contributed by atoms with Gasteiger partial charge in [0.2, 0.25) is 0 Å². The Bertz CT molecular complexity index is 240. The van der Waals surface area contributed by atoms with Crippen molar-refractivity contribution in [3.63, 3.8) is 0 Å². The minimum Gasteiger partial charge on any atom is -0.478 e. The predicted octanol–water partition coefficient (Wildman–Crippen LogP) is 0.625. The third-order valence-electron chi connectivity index (χ3n) is 3.10. The minimum absolute atomic E-state index is 0.188. The van der Waals surface area contributed by atoms with Crippen LogP contribution >= 0.6 is 0 Å². The second kappa shape index (κ2) is 5.88. The van der Waals surface area contributed by atoms with E-state index in [9.17, 15) is 4.79 Å². The number of hydrogen-bond acceptors (Lipinski definition) is 3. The molecule has 1 aliphatic rings. The first kappa shape index (κ1) is 12.2. The molecule has 2 atom stereocenters. The zero-order chi connectivity index (χ0) is 11.3. The zero-order valence-corrected chi connectivity index (χ0v) is 8.91. The Labute approximate surface area is 90.0 Å². The van der Waals surface area contributed by atoms with Gasteiger partial charge in [-0.3, -0.25) is 0 Å². The Morgan fingerprint density at radius 1 is 1.40 bits per heavy atom. The van der Waals surface area contributed by atoms with Gasteiger partial charge in [0.15, 0.2) is 0 Å². The van der Waals surface area contributed by atoms with Gasteiger partial charge in [0.1, 0.15) is 0 Å². The van der Waals surface area contributed by atoms with Crippen molar-refractivity contribution < 1.29 is 15.0 Å². The van der Waals surface area contributed by atoms with Crippen LogP contribution in [0.1, 0.15) is 19.3 Å². The molecular formula is C11H19NO3. The summed E-state index contributed by atoms with van der Waals surface area (Å²) in [4.78, 5) is 10.5. The summed E-state index contributed by atoms with van der Waals surface area (Å²) in [7, 11) is 0. The standard InChI is InChI=1S/C11H19NO3/c1-8(11(14)15)5-12-6-9-3-2-4-10(9)7-13/h9-10,12-13H,1-7H2,(H,14,15). The highest BCUT2D eigenvalue weighted by molar-refractivity contribution is 5.86. The van der Waals surface area contributed by atoms with Crippen LogP contribution in [0.4, 0.5) is 0 Å². The van der Waals surface area contributed by atoms with Crippen LogP contribution in [0.15, 0.2) is 12.2 Å². The fourth-order valence-electron chi connectivity index (χ4n) is 2.11. The van der Waals surface area contributed by atoms with Crippen molar-refractivity contribution in [1.29, 1.82) is 0 Å². The van der Waals surface area contributed by atoms with E-state index in [2.05, 4.69) is 11.9 Å². The summed E-state index contributed by atoms with van der Waals surface area (Å²) in [6.45, 7) is 4.79. The lowest BCUT2D eigenvalue weighted by atomic mass is 9.97. The summed E-state index contributed by atoms with van der Waals surface area (Å²) in [5.41, 5.74) is 0.188. The van der Waals surface area contributed by atoms with Crippen molar-refractivity contribution in [3.05, 3.63) is 12.2 Å². The van der Waals surface area contributed by atoms with Gasteiger partial charge in [0.25, 0.3) is 0 Å². The van der Waals surface area contributed by atoms with Crippen molar-refractivity contribution in [2.75, 3.05) is 19.7 Å². The first-order valence-electron chi connectivity index (χ1n) is 5.37. The van der Waals surface area contributed by atoms with Crippen LogP contribution in [-0.4, -0.2) is 35.9 Å². The molecule has 0 heterocycles. The third kappa shape index (κ3) is 3.64. The fourth-order valence-corrected chi connectivity index (χ4v) is 2.11. The van der Waals surface area contributed by atoms with Crippen LogP contribution in [0.5, 0.6) is 0 Å². The number of aliphatic hydroxyl groups excluding tert-OH is 1. The number of aliphatic carboxylic acids is 1. The number of carboxylic acid groups (broad SMARTS) is 1. The fraction of sp³-hybridized carbons (Fsp3) is 0.727. The van der Waals surface area contributed by atoms with Crippen molar-refractivity contribution >= 4 is 5.97 Å². The van der Waals surface area contributed by atoms with E-state index in [0.29, 0.717) is 18.4 Å². The van der Waals surface area contributed by atoms with Crippen LogP contribution in [0.2, 0.25) is 0 Å². The van der Waals surface area contributed by atoms with Crippen LogP contribution in [0.25, 0.3) is 0 Å². The first-order chi connectivity index (χ1) is 7.15. The van der Waals surface area contributed by atoms with E-state index in [-0.39, 0.29) is 12.2 Å². The average molecular weight is 213 g/mol. The normalized spacial score (nSPS) is 25.4. The number of nitrogens with one attached hydrogen (secondary N) is 1. The van der Waals surface area contributed by atoms with Crippen molar-refractivity contribution in [2.45, 2.75) is 19.3 Å². The molecule has 86 valence electrons. The van der Waals surface area contributed by atoms with Crippen molar-refractivity contribution in [1.82, 2.24) is 5.32 Å². The van der Waals surface area contributed by atoms with E-state index >= 15 is 0 Å². The van der Waals surface area contributed by atoms with Gasteiger partial charge < -0.3 is 15.5 Å². The van der Waals surface area contributed by atoms with E-state index in [1.807, 2.05) is 0 Å². The van der Waals surface area contributed by atoms with Gasteiger partial charge in [-0.25, -0.2) is 4.79 Å². The van der Waals surface area contributed by atoms with Gasteiger partial charge in [0.05, 0.1) is 0 Å². The summed E-state index contributed by atoms with van der Waals surface area (Å²) in [5, 5.41) is 20.8. The lowest BCUT2D eigenvalue weighted by molar-refractivity contribution is -0.132. The summed E-state index contributed by atoms with van der Waals surface area (Å²) < 4.78 is 0. The molecule has 0 aliphatic heterocycles. The molecule has 0 bridgehead atoms. The average Bonchev–Trinajstić information content (AvgIpc) is 2.65.